The average Bonchev–Trinajstić information content (AvgIpc) is 2.62. The van der Waals surface area contributed by atoms with E-state index in [0.29, 0.717) is 6.61 Å². The zero-order valence-electron chi connectivity index (χ0n) is 7.75. The molecule has 0 amide bonds. The van der Waals surface area contributed by atoms with Crippen LogP contribution in [0.2, 0.25) is 0 Å². The minimum Gasteiger partial charge on any atom is -0.396 e. The van der Waals surface area contributed by atoms with Crippen LogP contribution in [0.5, 0.6) is 0 Å². The average molecular weight is 195 g/mol. The van der Waals surface area contributed by atoms with Gasteiger partial charge in [0.05, 0.1) is 5.71 Å². The molecule has 13 heavy (non-hydrogen) atoms. The van der Waals surface area contributed by atoms with Gasteiger partial charge in [-0.2, -0.15) is 0 Å². The van der Waals surface area contributed by atoms with Gasteiger partial charge in [-0.25, -0.2) is 0 Å². The normalized spacial score (nSPS) is 18.7. The minimum absolute atomic E-state index is 0.656. The van der Waals surface area contributed by atoms with E-state index in [4.69, 9.17) is 4.84 Å². The molecule has 70 valence electrons. The van der Waals surface area contributed by atoms with Crippen LogP contribution in [0.25, 0.3) is 0 Å². The topological polar surface area (TPSA) is 21.6 Å². The van der Waals surface area contributed by atoms with Crippen molar-refractivity contribution in [3.8, 4) is 0 Å². The number of oxime groups is 1. The Morgan fingerprint density at radius 1 is 1.54 bits per heavy atom. The first-order valence-corrected chi connectivity index (χ1v) is 5.55. The molecule has 0 saturated heterocycles. The van der Waals surface area contributed by atoms with Gasteiger partial charge in [0.15, 0.2) is 0 Å². The van der Waals surface area contributed by atoms with Crippen molar-refractivity contribution in [2.45, 2.75) is 26.2 Å². The molecular formula is C10H13NOS. The van der Waals surface area contributed by atoms with Gasteiger partial charge in [0.25, 0.3) is 0 Å². The smallest absolute Gasteiger partial charge is 0.114 e. The first-order chi connectivity index (χ1) is 6.42. The summed E-state index contributed by atoms with van der Waals surface area (Å²) in [5.41, 5.74) is 2.44. The standard InChI is InChI=1S/C10H13NOS/c1-2-12-11-9-4-3-5-10-8(9)6-7-13-10/h6-7H,2-5H2,1H3/b11-9-. The highest BCUT2D eigenvalue weighted by atomic mass is 32.1. The fourth-order valence-electron chi connectivity index (χ4n) is 1.58. The molecule has 1 aromatic rings. The van der Waals surface area contributed by atoms with Gasteiger partial charge in [0.2, 0.25) is 0 Å². The van der Waals surface area contributed by atoms with Crippen molar-refractivity contribution < 1.29 is 4.84 Å². The Morgan fingerprint density at radius 2 is 2.46 bits per heavy atom. The predicted molar refractivity (Wildman–Crippen MR) is 55.4 cm³/mol. The molecule has 2 rings (SSSR count). The Hall–Kier alpha value is -0.830. The predicted octanol–water partition coefficient (Wildman–Crippen LogP) is 2.83. The molecule has 0 bridgehead atoms. The summed E-state index contributed by atoms with van der Waals surface area (Å²) in [4.78, 5) is 6.55. The lowest BCUT2D eigenvalue weighted by atomic mass is 9.97. The molecule has 2 nitrogen and oxygen atoms in total. The Balaban J connectivity index is 2.25. The molecule has 1 aromatic heterocycles. The second kappa shape index (κ2) is 3.92. The number of hydrogen-bond acceptors (Lipinski definition) is 3. The van der Waals surface area contributed by atoms with Gasteiger partial charge in [-0.1, -0.05) is 5.16 Å². The van der Waals surface area contributed by atoms with Crippen LogP contribution in [-0.2, 0) is 11.3 Å². The fraction of sp³-hybridized carbons (Fsp3) is 0.500. The zero-order valence-corrected chi connectivity index (χ0v) is 8.56. The van der Waals surface area contributed by atoms with Gasteiger partial charge in [0.1, 0.15) is 6.61 Å². The second-order valence-electron chi connectivity index (χ2n) is 3.07. The lowest BCUT2D eigenvalue weighted by Gasteiger charge is -2.12. The summed E-state index contributed by atoms with van der Waals surface area (Å²) in [7, 11) is 0. The van der Waals surface area contributed by atoms with E-state index in [0.717, 1.165) is 12.1 Å². The number of rotatable bonds is 2. The summed E-state index contributed by atoms with van der Waals surface area (Å²) in [5.74, 6) is 0. The summed E-state index contributed by atoms with van der Waals surface area (Å²) < 4.78 is 0. The SMILES string of the molecule is CCO/N=C1/CCCc2sccc21. The summed E-state index contributed by atoms with van der Waals surface area (Å²) >= 11 is 1.83. The van der Waals surface area contributed by atoms with Gasteiger partial charge in [-0.15, -0.1) is 11.3 Å². The van der Waals surface area contributed by atoms with Crippen molar-refractivity contribution in [1.82, 2.24) is 0 Å². The van der Waals surface area contributed by atoms with E-state index >= 15 is 0 Å². The first-order valence-electron chi connectivity index (χ1n) is 4.67. The van der Waals surface area contributed by atoms with Gasteiger partial charge in [-0.3, -0.25) is 0 Å². The van der Waals surface area contributed by atoms with Crippen molar-refractivity contribution in [2.24, 2.45) is 5.16 Å². The lowest BCUT2D eigenvalue weighted by molar-refractivity contribution is 0.158. The van der Waals surface area contributed by atoms with Gasteiger partial charge in [-0.05, 0) is 37.6 Å². The molecule has 0 spiro atoms. The van der Waals surface area contributed by atoms with Crippen LogP contribution in [0.3, 0.4) is 0 Å². The van der Waals surface area contributed by atoms with E-state index in [1.165, 1.54) is 23.3 Å². The lowest BCUT2D eigenvalue weighted by Crippen LogP contribution is -2.09. The van der Waals surface area contributed by atoms with E-state index in [-0.39, 0.29) is 0 Å². The Kier molecular flexibility index (Phi) is 2.64. The molecule has 0 radical (unpaired) electrons. The summed E-state index contributed by atoms with van der Waals surface area (Å²) in [6.07, 6.45) is 3.47. The Bertz CT molecular complexity index is 316. The summed E-state index contributed by atoms with van der Waals surface area (Å²) in [5, 5.41) is 6.27. The van der Waals surface area contributed by atoms with Crippen LogP contribution >= 0.6 is 11.3 Å². The van der Waals surface area contributed by atoms with E-state index in [9.17, 15) is 0 Å². The third kappa shape index (κ3) is 1.75. The van der Waals surface area contributed by atoms with Gasteiger partial charge in [0, 0.05) is 10.4 Å². The van der Waals surface area contributed by atoms with Crippen molar-refractivity contribution >= 4 is 17.0 Å². The largest absolute Gasteiger partial charge is 0.396 e. The van der Waals surface area contributed by atoms with Crippen molar-refractivity contribution in [1.29, 1.82) is 0 Å². The fourth-order valence-corrected chi connectivity index (χ4v) is 2.52. The van der Waals surface area contributed by atoms with E-state index in [1.54, 1.807) is 0 Å². The molecule has 1 aliphatic carbocycles. The van der Waals surface area contributed by atoms with Crippen LogP contribution in [0, 0.1) is 0 Å². The Morgan fingerprint density at radius 3 is 3.31 bits per heavy atom. The maximum Gasteiger partial charge on any atom is 0.114 e. The molecular weight excluding hydrogens is 182 g/mol. The monoisotopic (exact) mass is 195 g/mol. The highest BCUT2D eigenvalue weighted by molar-refractivity contribution is 7.10. The second-order valence-corrected chi connectivity index (χ2v) is 4.07. The summed E-state index contributed by atoms with van der Waals surface area (Å²) in [6.45, 7) is 2.62. The number of hydrogen-bond donors (Lipinski definition) is 0. The molecule has 1 heterocycles. The molecule has 0 fully saturated rings. The number of aryl methyl sites for hydroxylation is 1. The van der Waals surface area contributed by atoms with Gasteiger partial charge >= 0.3 is 0 Å². The van der Waals surface area contributed by atoms with E-state index < -0.39 is 0 Å². The van der Waals surface area contributed by atoms with E-state index in [1.807, 2.05) is 18.3 Å². The van der Waals surface area contributed by atoms with Crippen molar-refractivity contribution in [3.05, 3.63) is 21.9 Å². The Labute approximate surface area is 82.2 Å². The van der Waals surface area contributed by atoms with Crippen LogP contribution in [0.1, 0.15) is 30.2 Å². The van der Waals surface area contributed by atoms with Crippen LogP contribution < -0.4 is 0 Å². The zero-order chi connectivity index (χ0) is 9.10. The molecule has 3 heteroatoms. The maximum atomic E-state index is 5.09. The minimum atomic E-state index is 0.656. The van der Waals surface area contributed by atoms with Gasteiger partial charge < -0.3 is 4.84 Å². The number of fused-ring (bicyclic) bond motifs is 1. The number of thiophene rings is 1. The molecule has 0 aliphatic heterocycles. The third-order valence-electron chi connectivity index (χ3n) is 2.18. The quantitative estimate of drug-likeness (QED) is 0.665. The van der Waals surface area contributed by atoms with Crippen LogP contribution in [-0.4, -0.2) is 12.3 Å². The molecule has 0 unspecified atom stereocenters. The first kappa shape index (κ1) is 8.75. The summed E-state index contributed by atoms with van der Waals surface area (Å²) in [6, 6.07) is 2.15. The highest BCUT2D eigenvalue weighted by Gasteiger charge is 2.16. The van der Waals surface area contributed by atoms with Crippen molar-refractivity contribution in [2.75, 3.05) is 6.61 Å². The molecule has 0 atom stereocenters. The number of nitrogens with zero attached hydrogens (tertiary/aromatic N) is 1. The highest BCUT2D eigenvalue weighted by Crippen LogP contribution is 2.26. The van der Waals surface area contributed by atoms with Crippen LogP contribution in [0.4, 0.5) is 0 Å². The third-order valence-corrected chi connectivity index (χ3v) is 3.16. The molecule has 1 aliphatic rings. The van der Waals surface area contributed by atoms with Crippen molar-refractivity contribution in [3.63, 3.8) is 0 Å². The molecule has 0 saturated carbocycles. The van der Waals surface area contributed by atoms with E-state index in [2.05, 4.69) is 16.6 Å². The molecule has 0 N–H and O–H groups in total. The van der Waals surface area contributed by atoms with Crippen LogP contribution in [0.15, 0.2) is 16.6 Å². The maximum absolute atomic E-state index is 5.09. The molecule has 0 aromatic carbocycles.